The highest BCUT2D eigenvalue weighted by Gasteiger charge is 2.06. The molecule has 5 heteroatoms. The standard InChI is InChI=1S/C16H13ClFN3/c17-13-5-6-16(21-8-2-7-20-21)15(10-13)19-11-12-3-1-4-14(18)9-12/h1-10,19H,11H2. The average Bonchev–Trinajstić information content (AvgIpc) is 2.99. The quantitative estimate of drug-likeness (QED) is 0.779. The summed E-state index contributed by atoms with van der Waals surface area (Å²) < 4.78 is 15.0. The Bertz CT molecular complexity index is 741. The van der Waals surface area contributed by atoms with Gasteiger partial charge < -0.3 is 5.32 Å². The van der Waals surface area contributed by atoms with Gasteiger partial charge in [-0.25, -0.2) is 9.07 Å². The van der Waals surface area contributed by atoms with Gasteiger partial charge in [0, 0.05) is 24.0 Å². The molecule has 3 nitrogen and oxygen atoms in total. The van der Waals surface area contributed by atoms with Gasteiger partial charge in [0.05, 0.1) is 11.4 Å². The van der Waals surface area contributed by atoms with Gasteiger partial charge in [0.25, 0.3) is 0 Å². The molecule has 3 rings (SSSR count). The molecule has 1 N–H and O–H groups in total. The fourth-order valence-corrected chi connectivity index (χ4v) is 2.28. The van der Waals surface area contributed by atoms with E-state index in [1.54, 1.807) is 16.9 Å². The third-order valence-corrected chi connectivity index (χ3v) is 3.32. The minimum absolute atomic E-state index is 0.243. The number of halogens is 2. The van der Waals surface area contributed by atoms with Crippen molar-refractivity contribution in [1.29, 1.82) is 0 Å². The number of benzene rings is 2. The number of hydrogen-bond donors (Lipinski definition) is 1. The van der Waals surface area contributed by atoms with E-state index in [1.807, 2.05) is 36.5 Å². The third kappa shape index (κ3) is 3.23. The van der Waals surface area contributed by atoms with Gasteiger partial charge in [-0.15, -0.1) is 0 Å². The monoisotopic (exact) mass is 301 g/mol. The van der Waals surface area contributed by atoms with Crippen molar-refractivity contribution in [3.63, 3.8) is 0 Å². The number of anilines is 1. The summed E-state index contributed by atoms with van der Waals surface area (Å²) in [6.45, 7) is 0.506. The van der Waals surface area contributed by atoms with E-state index in [9.17, 15) is 4.39 Å². The number of nitrogens with one attached hydrogen (secondary N) is 1. The molecular formula is C16H13ClFN3. The van der Waals surface area contributed by atoms with Crippen LogP contribution in [0.15, 0.2) is 60.9 Å². The first-order chi connectivity index (χ1) is 10.2. The normalized spacial score (nSPS) is 10.6. The number of rotatable bonds is 4. The Morgan fingerprint density at radius 1 is 1.14 bits per heavy atom. The summed E-state index contributed by atoms with van der Waals surface area (Å²) in [7, 11) is 0. The molecule has 0 amide bonds. The summed E-state index contributed by atoms with van der Waals surface area (Å²) in [6.07, 6.45) is 3.57. The second-order valence-corrected chi connectivity index (χ2v) is 5.03. The molecule has 0 aliphatic rings. The van der Waals surface area contributed by atoms with Gasteiger partial charge in [-0.2, -0.15) is 5.10 Å². The van der Waals surface area contributed by atoms with Gasteiger partial charge >= 0.3 is 0 Å². The molecule has 1 heterocycles. The molecule has 106 valence electrons. The van der Waals surface area contributed by atoms with Crippen LogP contribution in [0.2, 0.25) is 5.02 Å². The van der Waals surface area contributed by atoms with Crippen LogP contribution in [0, 0.1) is 5.82 Å². The fourth-order valence-electron chi connectivity index (χ4n) is 2.11. The molecule has 3 aromatic rings. The highest BCUT2D eigenvalue weighted by atomic mass is 35.5. The topological polar surface area (TPSA) is 29.9 Å². The van der Waals surface area contributed by atoms with E-state index >= 15 is 0 Å². The van der Waals surface area contributed by atoms with E-state index < -0.39 is 0 Å². The Balaban J connectivity index is 1.86. The van der Waals surface area contributed by atoms with E-state index in [-0.39, 0.29) is 5.82 Å². The zero-order chi connectivity index (χ0) is 14.7. The maximum absolute atomic E-state index is 13.2. The third-order valence-electron chi connectivity index (χ3n) is 3.08. The molecule has 1 aromatic heterocycles. The van der Waals surface area contributed by atoms with Gasteiger partial charge in [0.2, 0.25) is 0 Å². The molecule has 21 heavy (non-hydrogen) atoms. The lowest BCUT2D eigenvalue weighted by Crippen LogP contribution is -2.05. The molecule has 0 bridgehead atoms. The maximum atomic E-state index is 13.2. The van der Waals surface area contributed by atoms with Crippen LogP contribution in [0.1, 0.15) is 5.56 Å². The minimum atomic E-state index is -0.243. The van der Waals surface area contributed by atoms with Gasteiger partial charge in [-0.1, -0.05) is 23.7 Å². The van der Waals surface area contributed by atoms with Crippen LogP contribution in [0.25, 0.3) is 5.69 Å². The summed E-state index contributed by atoms with van der Waals surface area (Å²) in [4.78, 5) is 0. The van der Waals surface area contributed by atoms with E-state index in [0.717, 1.165) is 16.9 Å². The molecule has 0 spiro atoms. The Hall–Kier alpha value is -2.33. The summed E-state index contributed by atoms with van der Waals surface area (Å²) in [5.41, 5.74) is 2.60. The molecule has 0 fully saturated rings. The van der Waals surface area contributed by atoms with E-state index in [1.165, 1.54) is 12.1 Å². The lowest BCUT2D eigenvalue weighted by molar-refractivity contribution is 0.626. The molecule has 0 aliphatic heterocycles. The van der Waals surface area contributed by atoms with Crippen molar-refractivity contribution in [2.45, 2.75) is 6.54 Å². The molecule has 2 aromatic carbocycles. The van der Waals surface area contributed by atoms with Gasteiger partial charge in [-0.3, -0.25) is 0 Å². The second-order valence-electron chi connectivity index (χ2n) is 4.60. The lowest BCUT2D eigenvalue weighted by Gasteiger charge is -2.13. The zero-order valence-corrected chi connectivity index (χ0v) is 11.9. The van der Waals surface area contributed by atoms with Crippen molar-refractivity contribution >= 4 is 17.3 Å². The molecular weight excluding hydrogens is 289 g/mol. The minimum Gasteiger partial charge on any atom is -0.379 e. The molecule has 0 saturated heterocycles. The van der Waals surface area contributed by atoms with Gasteiger partial charge in [0.1, 0.15) is 5.82 Å². The summed E-state index contributed by atoms with van der Waals surface area (Å²) in [5, 5.41) is 8.13. The second kappa shape index (κ2) is 5.97. The van der Waals surface area contributed by atoms with Gasteiger partial charge in [-0.05, 0) is 42.0 Å². The van der Waals surface area contributed by atoms with Crippen molar-refractivity contribution in [3.8, 4) is 5.69 Å². The van der Waals surface area contributed by atoms with E-state index in [2.05, 4.69) is 10.4 Å². The van der Waals surface area contributed by atoms with Crippen LogP contribution < -0.4 is 5.32 Å². The maximum Gasteiger partial charge on any atom is 0.123 e. The van der Waals surface area contributed by atoms with Crippen LogP contribution in [0.4, 0.5) is 10.1 Å². The SMILES string of the molecule is Fc1cccc(CNc2cc(Cl)ccc2-n2cccn2)c1. The van der Waals surface area contributed by atoms with Crippen LogP contribution in [-0.4, -0.2) is 9.78 Å². The fraction of sp³-hybridized carbons (Fsp3) is 0.0625. The molecule has 0 aliphatic carbocycles. The molecule has 0 unspecified atom stereocenters. The van der Waals surface area contributed by atoms with E-state index in [0.29, 0.717) is 11.6 Å². The molecule has 0 radical (unpaired) electrons. The smallest absolute Gasteiger partial charge is 0.123 e. The van der Waals surface area contributed by atoms with Crippen molar-refractivity contribution in [1.82, 2.24) is 9.78 Å². The summed E-state index contributed by atoms with van der Waals surface area (Å²) in [5.74, 6) is -0.243. The largest absolute Gasteiger partial charge is 0.379 e. The van der Waals surface area contributed by atoms with Crippen molar-refractivity contribution in [2.75, 3.05) is 5.32 Å². The zero-order valence-electron chi connectivity index (χ0n) is 11.1. The summed E-state index contributed by atoms with van der Waals surface area (Å²) in [6, 6.07) is 13.9. The van der Waals surface area contributed by atoms with Crippen LogP contribution >= 0.6 is 11.6 Å². The first kappa shape index (κ1) is 13.6. The molecule has 0 atom stereocenters. The first-order valence-electron chi connectivity index (χ1n) is 6.50. The highest BCUT2D eigenvalue weighted by Crippen LogP contribution is 2.24. The first-order valence-corrected chi connectivity index (χ1v) is 6.88. The number of aromatic nitrogens is 2. The van der Waals surface area contributed by atoms with Crippen LogP contribution in [0.5, 0.6) is 0 Å². The lowest BCUT2D eigenvalue weighted by atomic mass is 10.2. The van der Waals surface area contributed by atoms with Gasteiger partial charge in [0.15, 0.2) is 0 Å². The highest BCUT2D eigenvalue weighted by molar-refractivity contribution is 6.31. The Morgan fingerprint density at radius 3 is 2.81 bits per heavy atom. The van der Waals surface area contributed by atoms with Crippen LogP contribution in [-0.2, 0) is 6.54 Å². The molecule has 0 saturated carbocycles. The Morgan fingerprint density at radius 2 is 2.05 bits per heavy atom. The van der Waals surface area contributed by atoms with Crippen molar-refractivity contribution < 1.29 is 4.39 Å². The number of hydrogen-bond acceptors (Lipinski definition) is 2. The predicted octanol–water partition coefficient (Wildman–Crippen LogP) is 4.28. The van der Waals surface area contributed by atoms with Crippen molar-refractivity contribution in [2.24, 2.45) is 0 Å². The Kier molecular flexibility index (Phi) is 3.88. The number of nitrogens with zero attached hydrogens (tertiary/aromatic N) is 2. The average molecular weight is 302 g/mol. The van der Waals surface area contributed by atoms with E-state index in [4.69, 9.17) is 11.6 Å². The summed E-state index contributed by atoms with van der Waals surface area (Å²) >= 11 is 6.06. The van der Waals surface area contributed by atoms with Crippen molar-refractivity contribution in [3.05, 3.63) is 77.3 Å². The van der Waals surface area contributed by atoms with Crippen LogP contribution in [0.3, 0.4) is 0 Å². The Labute approximate surface area is 127 Å². The predicted molar refractivity (Wildman–Crippen MR) is 82.3 cm³/mol.